The van der Waals surface area contributed by atoms with Crippen LogP contribution in [0.15, 0.2) is 18.3 Å². The summed E-state index contributed by atoms with van der Waals surface area (Å²) < 4.78 is 0. The van der Waals surface area contributed by atoms with Gasteiger partial charge in [-0.2, -0.15) is 10.5 Å². The summed E-state index contributed by atoms with van der Waals surface area (Å²) in [5.41, 5.74) is 0.590. The molecule has 1 aromatic rings. The number of nitriles is 2. The number of aromatic nitrogens is 1. The van der Waals surface area contributed by atoms with E-state index in [1.807, 2.05) is 0 Å². The number of hydrogen-bond acceptors (Lipinski definition) is 4. The molecular formula is C12H12N4. The maximum Gasteiger partial charge on any atom is 0.146 e. The Morgan fingerprint density at radius 1 is 1.44 bits per heavy atom. The van der Waals surface area contributed by atoms with Gasteiger partial charge in [-0.05, 0) is 25.0 Å². The highest BCUT2D eigenvalue weighted by Gasteiger charge is 2.30. The highest BCUT2D eigenvalue weighted by molar-refractivity contribution is 5.54. The normalized spacial score (nSPS) is 13.9. The quantitative estimate of drug-likeness (QED) is 0.763. The van der Waals surface area contributed by atoms with Crippen LogP contribution in [-0.2, 0) is 0 Å². The zero-order valence-electron chi connectivity index (χ0n) is 8.93. The number of rotatable bonds is 4. The van der Waals surface area contributed by atoms with Gasteiger partial charge in [-0.1, -0.05) is 0 Å². The molecule has 0 bridgehead atoms. The van der Waals surface area contributed by atoms with Gasteiger partial charge >= 0.3 is 0 Å². The minimum absolute atomic E-state index is 0.468. The molecule has 16 heavy (non-hydrogen) atoms. The Morgan fingerprint density at radius 3 is 2.88 bits per heavy atom. The largest absolute Gasteiger partial charge is 0.352 e. The topological polar surface area (TPSA) is 63.7 Å². The third-order valence-corrected chi connectivity index (χ3v) is 2.63. The van der Waals surface area contributed by atoms with Crippen molar-refractivity contribution in [1.29, 1.82) is 10.5 Å². The predicted octanol–water partition coefficient (Wildman–Crippen LogP) is 1.84. The van der Waals surface area contributed by atoms with E-state index in [-0.39, 0.29) is 0 Å². The van der Waals surface area contributed by atoms with Crippen molar-refractivity contribution in [3.05, 3.63) is 23.9 Å². The summed E-state index contributed by atoms with van der Waals surface area (Å²) in [5.74, 6) is 0.725. The van der Waals surface area contributed by atoms with Crippen LogP contribution in [0.4, 0.5) is 5.82 Å². The van der Waals surface area contributed by atoms with Crippen molar-refractivity contribution < 1.29 is 0 Å². The first-order valence-electron chi connectivity index (χ1n) is 5.35. The van der Waals surface area contributed by atoms with Gasteiger partial charge in [-0.25, -0.2) is 4.98 Å². The van der Waals surface area contributed by atoms with Crippen molar-refractivity contribution in [1.82, 2.24) is 4.98 Å². The lowest BCUT2D eigenvalue weighted by Crippen LogP contribution is -2.28. The maximum atomic E-state index is 9.01. The van der Waals surface area contributed by atoms with Gasteiger partial charge in [0.1, 0.15) is 11.9 Å². The number of anilines is 1. The van der Waals surface area contributed by atoms with Crippen molar-refractivity contribution in [2.45, 2.75) is 25.3 Å². The van der Waals surface area contributed by atoms with Gasteiger partial charge in [0.05, 0.1) is 18.1 Å². The van der Waals surface area contributed by atoms with Gasteiger partial charge in [0, 0.05) is 18.8 Å². The molecule has 1 aliphatic rings. The molecule has 0 amide bonds. The van der Waals surface area contributed by atoms with Gasteiger partial charge in [0.2, 0.25) is 0 Å². The molecular weight excluding hydrogens is 200 g/mol. The molecule has 1 aromatic heterocycles. The van der Waals surface area contributed by atoms with E-state index in [1.54, 1.807) is 18.3 Å². The van der Waals surface area contributed by atoms with E-state index < -0.39 is 0 Å². The Hall–Kier alpha value is -2.07. The lowest BCUT2D eigenvalue weighted by Gasteiger charge is -2.22. The Labute approximate surface area is 94.7 Å². The zero-order valence-corrected chi connectivity index (χ0v) is 8.93. The number of hydrogen-bond donors (Lipinski definition) is 0. The van der Waals surface area contributed by atoms with Gasteiger partial charge in [-0.15, -0.1) is 0 Å². The van der Waals surface area contributed by atoms with E-state index >= 15 is 0 Å². The van der Waals surface area contributed by atoms with Crippen molar-refractivity contribution in [3.63, 3.8) is 0 Å². The smallest absolute Gasteiger partial charge is 0.146 e. The van der Waals surface area contributed by atoms with Gasteiger partial charge in [0.15, 0.2) is 0 Å². The average Bonchev–Trinajstić information content (AvgIpc) is 3.14. The first kappa shape index (κ1) is 10.4. The van der Waals surface area contributed by atoms with Crippen LogP contribution in [0.25, 0.3) is 0 Å². The Bertz CT molecular complexity index is 451. The molecule has 0 aromatic carbocycles. The Balaban J connectivity index is 2.25. The Kier molecular flexibility index (Phi) is 3.03. The van der Waals surface area contributed by atoms with Crippen LogP contribution in [0.3, 0.4) is 0 Å². The molecule has 1 aliphatic carbocycles. The molecule has 0 saturated heterocycles. The van der Waals surface area contributed by atoms with Crippen molar-refractivity contribution >= 4 is 5.82 Å². The fraction of sp³-hybridized carbons (Fsp3) is 0.417. The molecule has 0 atom stereocenters. The van der Waals surface area contributed by atoms with Crippen LogP contribution in [0.5, 0.6) is 0 Å². The summed E-state index contributed by atoms with van der Waals surface area (Å²) in [6, 6.07) is 8.28. The van der Waals surface area contributed by atoms with Crippen LogP contribution in [-0.4, -0.2) is 17.6 Å². The minimum atomic E-state index is 0.468. The fourth-order valence-corrected chi connectivity index (χ4v) is 1.73. The molecule has 0 spiro atoms. The molecule has 80 valence electrons. The molecule has 0 unspecified atom stereocenters. The van der Waals surface area contributed by atoms with E-state index in [0.717, 1.165) is 18.7 Å². The minimum Gasteiger partial charge on any atom is -0.352 e. The second-order valence-electron chi connectivity index (χ2n) is 3.82. The van der Waals surface area contributed by atoms with Gasteiger partial charge in [0.25, 0.3) is 0 Å². The molecule has 1 saturated carbocycles. The first-order chi connectivity index (χ1) is 7.86. The summed E-state index contributed by atoms with van der Waals surface area (Å²) in [7, 11) is 0. The van der Waals surface area contributed by atoms with E-state index in [4.69, 9.17) is 10.5 Å². The number of pyridine rings is 1. The van der Waals surface area contributed by atoms with Crippen LogP contribution < -0.4 is 4.90 Å². The summed E-state index contributed by atoms with van der Waals surface area (Å²) in [6.07, 6.45) is 4.43. The summed E-state index contributed by atoms with van der Waals surface area (Å²) in [6.45, 7) is 0.660. The van der Waals surface area contributed by atoms with Crippen molar-refractivity contribution in [2.24, 2.45) is 0 Å². The van der Waals surface area contributed by atoms with Crippen molar-refractivity contribution in [2.75, 3.05) is 11.4 Å². The molecule has 2 rings (SSSR count). The maximum absolute atomic E-state index is 9.01. The van der Waals surface area contributed by atoms with Crippen LogP contribution in [0.2, 0.25) is 0 Å². The summed E-state index contributed by atoms with van der Waals surface area (Å²) in [4.78, 5) is 6.34. The third-order valence-electron chi connectivity index (χ3n) is 2.63. The van der Waals surface area contributed by atoms with Gasteiger partial charge < -0.3 is 4.90 Å². The standard InChI is InChI=1S/C12H12N4/c13-6-2-8-16(11-4-5-11)12-10(9-14)3-1-7-15-12/h1,3,7,11H,2,4-5,8H2. The summed E-state index contributed by atoms with van der Waals surface area (Å²) in [5, 5.41) is 17.6. The molecule has 0 aliphatic heterocycles. The lowest BCUT2D eigenvalue weighted by molar-refractivity contribution is 0.776. The second-order valence-corrected chi connectivity index (χ2v) is 3.82. The molecule has 1 fully saturated rings. The molecule has 4 nitrogen and oxygen atoms in total. The predicted molar refractivity (Wildman–Crippen MR) is 59.6 cm³/mol. The third kappa shape index (κ3) is 2.12. The Morgan fingerprint density at radius 2 is 2.25 bits per heavy atom. The fourth-order valence-electron chi connectivity index (χ4n) is 1.73. The van der Waals surface area contributed by atoms with Gasteiger partial charge in [-0.3, -0.25) is 0 Å². The van der Waals surface area contributed by atoms with E-state index in [0.29, 0.717) is 24.6 Å². The molecule has 0 N–H and O–H groups in total. The zero-order chi connectivity index (χ0) is 11.4. The van der Waals surface area contributed by atoms with Crippen LogP contribution in [0.1, 0.15) is 24.8 Å². The highest BCUT2D eigenvalue weighted by Crippen LogP contribution is 2.32. The molecule has 4 heteroatoms. The van der Waals surface area contributed by atoms with Crippen LogP contribution in [0, 0.1) is 22.7 Å². The monoisotopic (exact) mass is 212 g/mol. The van der Waals surface area contributed by atoms with Crippen molar-refractivity contribution in [3.8, 4) is 12.1 Å². The lowest BCUT2D eigenvalue weighted by atomic mass is 10.2. The average molecular weight is 212 g/mol. The van der Waals surface area contributed by atoms with E-state index in [9.17, 15) is 0 Å². The first-order valence-corrected chi connectivity index (χ1v) is 5.35. The SMILES string of the molecule is N#CCCN(c1ncccc1C#N)C1CC1. The highest BCUT2D eigenvalue weighted by atomic mass is 15.2. The second kappa shape index (κ2) is 4.63. The van der Waals surface area contributed by atoms with E-state index in [2.05, 4.69) is 22.0 Å². The van der Waals surface area contributed by atoms with E-state index in [1.165, 1.54) is 0 Å². The molecule has 1 heterocycles. The molecule has 0 radical (unpaired) electrons. The summed E-state index contributed by atoms with van der Waals surface area (Å²) >= 11 is 0. The number of nitrogens with zero attached hydrogens (tertiary/aromatic N) is 4. The van der Waals surface area contributed by atoms with Crippen LogP contribution >= 0.6 is 0 Å².